The van der Waals surface area contributed by atoms with E-state index in [4.69, 9.17) is 18.1 Å². The number of benzene rings is 9. The number of hydrogen-bond donors (Lipinski definition) is 0. The van der Waals surface area contributed by atoms with Crippen LogP contribution in [-0.4, -0.2) is 0 Å². The van der Waals surface area contributed by atoms with Crippen LogP contribution < -0.4 is 0 Å². The maximum Gasteiger partial charge on any atom is 0.143 e. The highest BCUT2D eigenvalue weighted by Gasteiger charge is 2.18. The molecule has 0 aliphatic heterocycles. The van der Waals surface area contributed by atoms with Gasteiger partial charge in [0.2, 0.25) is 0 Å². The summed E-state index contributed by atoms with van der Waals surface area (Å²) in [5.74, 6) is 0. The second-order valence-corrected chi connectivity index (χ2v) is 11.6. The SMILES string of the molecule is [2H]c1c([2H])c([2H])c(-c2c3c([2H])c([2H])c([2H])c([2H])c3c(-c3c([2H])c([2H])c([2H])c(-c4ccc5oc6c(-c7ccc8ccccc8c7)cccc6c5c4)c3[2H])c3c([2H])c([2H])c([2H])c([2H])c23)c([2H])c1[2H]. The van der Waals surface area contributed by atoms with Gasteiger partial charge in [-0.3, -0.25) is 0 Å². The van der Waals surface area contributed by atoms with Crippen molar-refractivity contribution in [2.75, 3.05) is 0 Å². The largest absolute Gasteiger partial charge is 0.455 e. The van der Waals surface area contributed by atoms with E-state index in [0.717, 1.165) is 21.9 Å². The van der Waals surface area contributed by atoms with E-state index in [0.29, 0.717) is 21.9 Å². The Kier molecular flexibility index (Phi) is 3.54. The number of fused-ring (bicyclic) bond motifs is 6. The Morgan fingerprint density at radius 2 is 1.02 bits per heavy atom. The molecule has 0 saturated carbocycles. The minimum atomic E-state index is -0.822. The van der Waals surface area contributed by atoms with Crippen LogP contribution in [0.5, 0.6) is 0 Å². The van der Waals surface area contributed by atoms with E-state index in [2.05, 4.69) is 6.07 Å². The van der Waals surface area contributed by atoms with Gasteiger partial charge < -0.3 is 4.42 Å². The highest BCUT2D eigenvalue weighted by Crippen LogP contribution is 2.44. The van der Waals surface area contributed by atoms with Gasteiger partial charge in [-0.15, -0.1) is 0 Å². The monoisotopic (exact) mass is 639 g/mol. The number of furan rings is 1. The number of para-hydroxylation sites is 1. The lowest BCUT2D eigenvalue weighted by Crippen LogP contribution is -1.91. The molecule has 1 heterocycles. The molecule has 0 bridgehead atoms. The van der Waals surface area contributed by atoms with Crippen LogP contribution in [0.1, 0.15) is 23.3 Å². The molecule has 0 N–H and O–H groups in total. The van der Waals surface area contributed by atoms with Crippen molar-refractivity contribution in [2.45, 2.75) is 0 Å². The minimum absolute atomic E-state index is 0.175. The molecule has 0 saturated heterocycles. The van der Waals surface area contributed by atoms with Crippen molar-refractivity contribution < 1.29 is 27.7 Å². The van der Waals surface area contributed by atoms with Crippen molar-refractivity contribution in [1.29, 1.82) is 0 Å². The van der Waals surface area contributed by atoms with Crippen LogP contribution in [0, 0.1) is 0 Å². The summed E-state index contributed by atoms with van der Waals surface area (Å²) in [6.07, 6.45) is 0. The summed E-state index contributed by atoms with van der Waals surface area (Å²) < 4.78 is 159. The van der Waals surface area contributed by atoms with Crippen LogP contribution in [0.2, 0.25) is 0 Å². The molecular weight excluding hydrogens is 593 g/mol. The summed E-state index contributed by atoms with van der Waals surface area (Å²) in [7, 11) is 0. The fraction of sp³-hybridized carbons (Fsp3) is 0. The van der Waals surface area contributed by atoms with E-state index in [-0.39, 0.29) is 11.1 Å². The summed E-state index contributed by atoms with van der Waals surface area (Å²) in [6, 6.07) is 11.5. The lowest BCUT2D eigenvalue weighted by molar-refractivity contribution is 0.670. The van der Waals surface area contributed by atoms with E-state index in [1.165, 1.54) is 0 Å². The first-order valence-corrected chi connectivity index (χ1v) is 15.5. The third-order valence-electron chi connectivity index (χ3n) is 8.85. The van der Waals surface area contributed by atoms with E-state index >= 15 is 0 Å². The lowest BCUT2D eigenvalue weighted by atomic mass is 9.85. The number of rotatable bonds is 4. The Hall–Kier alpha value is -6.44. The van der Waals surface area contributed by atoms with Crippen molar-refractivity contribution in [2.24, 2.45) is 0 Å². The van der Waals surface area contributed by atoms with Crippen LogP contribution in [0.4, 0.5) is 0 Å². The van der Waals surface area contributed by atoms with Crippen LogP contribution in [0.15, 0.2) is 186 Å². The fourth-order valence-electron chi connectivity index (χ4n) is 6.65. The summed E-state index contributed by atoms with van der Waals surface area (Å²) in [5, 5.41) is 1.38. The Morgan fingerprint density at radius 3 is 1.78 bits per heavy atom. The number of hydrogen-bond acceptors (Lipinski definition) is 1. The smallest absolute Gasteiger partial charge is 0.143 e. The molecule has 9 aromatic carbocycles. The Bertz CT molecular complexity index is 3750. The highest BCUT2D eigenvalue weighted by atomic mass is 16.3. The van der Waals surface area contributed by atoms with Crippen molar-refractivity contribution in [3.05, 3.63) is 182 Å². The third-order valence-corrected chi connectivity index (χ3v) is 8.85. The molecule has 0 radical (unpaired) electrons. The van der Waals surface area contributed by atoms with Gasteiger partial charge in [-0.1, -0.05) is 157 Å². The van der Waals surface area contributed by atoms with Gasteiger partial charge in [-0.2, -0.15) is 0 Å². The molecule has 1 nitrogen and oxygen atoms in total. The average Bonchev–Trinajstić information content (AvgIpc) is 3.70. The van der Waals surface area contributed by atoms with Gasteiger partial charge in [0.05, 0.1) is 23.3 Å². The van der Waals surface area contributed by atoms with Gasteiger partial charge in [-0.05, 0) is 95.5 Å². The topological polar surface area (TPSA) is 13.1 Å². The molecule has 0 unspecified atom stereocenters. The van der Waals surface area contributed by atoms with E-state index < -0.39 is 147 Å². The first-order valence-electron chi connectivity index (χ1n) is 24.0. The molecule has 10 aromatic rings. The predicted molar refractivity (Wildman–Crippen MR) is 208 cm³/mol. The van der Waals surface area contributed by atoms with Gasteiger partial charge in [0.25, 0.3) is 0 Å². The maximum atomic E-state index is 9.84. The van der Waals surface area contributed by atoms with Crippen LogP contribution >= 0.6 is 0 Å². The molecule has 49 heavy (non-hydrogen) atoms. The summed E-state index contributed by atoms with van der Waals surface area (Å²) in [5.41, 5.74) is 0.732. The van der Waals surface area contributed by atoms with Crippen molar-refractivity contribution in [3.63, 3.8) is 0 Å². The molecule has 0 aliphatic rings. The molecule has 10 rings (SSSR count). The zero-order chi connectivity index (χ0) is 47.1. The Balaban J connectivity index is 1.34. The first kappa shape index (κ1) is 15.6. The van der Waals surface area contributed by atoms with Crippen molar-refractivity contribution in [1.82, 2.24) is 0 Å². The molecular formula is C48H30O. The molecule has 0 spiro atoms. The third kappa shape index (κ3) is 4.47. The average molecular weight is 640 g/mol. The lowest BCUT2D eigenvalue weighted by Gasteiger charge is -2.18. The second kappa shape index (κ2) is 11.1. The van der Waals surface area contributed by atoms with E-state index in [1.807, 2.05) is 54.6 Å². The zero-order valence-corrected chi connectivity index (χ0v) is 25.4. The predicted octanol–water partition coefficient (Wildman–Crippen LogP) is 13.7. The van der Waals surface area contributed by atoms with Gasteiger partial charge >= 0.3 is 0 Å². The highest BCUT2D eigenvalue weighted by molar-refractivity contribution is 6.21. The molecule has 0 aliphatic carbocycles. The van der Waals surface area contributed by atoms with Gasteiger partial charge in [0, 0.05) is 16.3 Å². The van der Waals surface area contributed by atoms with E-state index in [1.54, 1.807) is 18.2 Å². The molecule has 1 aromatic heterocycles. The minimum Gasteiger partial charge on any atom is -0.455 e. The first-order chi connectivity index (χ1) is 31.4. The summed E-state index contributed by atoms with van der Waals surface area (Å²) in [4.78, 5) is 0. The van der Waals surface area contributed by atoms with Gasteiger partial charge in [-0.25, -0.2) is 0 Å². The second-order valence-electron chi connectivity index (χ2n) is 11.6. The van der Waals surface area contributed by atoms with Crippen LogP contribution in [0.3, 0.4) is 0 Å². The summed E-state index contributed by atoms with van der Waals surface area (Å²) >= 11 is 0. The Morgan fingerprint density at radius 1 is 0.388 bits per heavy atom. The molecule has 0 fully saturated rings. The van der Waals surface area contributed by atoms with E-state index in [9.17, 15) is 9.60 Å². The summed E-state index contributed by atoms with van der Waals surface area (Å²) in [6.45, 7) is 0. The standard InChI is InChI=1S/C48H30O/c1-2-13-32(14-3-1)46-39-18-6-8-20-41(39)47(42-21-9-7-19-40(42)46)37-17-10-16-34(29-37)35-26-27-45-44(30-35)43-23-11-22-38(48(43)49-45)36-25-24-31-12-4-5-15-33(31)28-36/h1-30H/i1D,2D,3D,6D,7D,8D,9D,10D,13D,14D,16D,17D,18D,19D,20D,21D,29D. The molecule has 0 atom stereocenters. The van der Waals surface area contributed by atoms with Gasteiger partial charge in [0.1, 0.15) is 11.2 Å². The maximum absolute atomic E-state index is 9.84. The molecule has 1 heteroatoms. The molecule has 0 amide bonds. The molecule has 228 valence electrons. The van der Waals surface area contributed by atoms with Crippen molar-refractivity contribution in [3.8, 4) is 44.5 Å². The quantitative estimate of drug-likeness (QED) is 0.175. The van der Waals surface area contributed by atoms with Crippen LogP contribution in [-0.2, 0) is 0 Å². The fourth-order valence-corrected chi connectivity index (χ4v) is 6.65. The Labute approximate surface area is 308 Å². The zero-order valence-electron chi connectivity index (χ0n) is 42.4. The van der Waals surface area contributed by atoms with Crippen LogP contribution in [0.25, 0.3) is 98.8 Å². The normalized spacial score (nSPS) is 16.5. The van der Waals surface area contributed by atoms with Crippen molar-refractivity contribution >= 4 is 54.3 Å². The van der Waals surface area contributed by atoms with Gasteiger partial charge in [0.15, 0.2) is 0 Å².